The van der Waals surface area contributed by atoms with Crippen molar-refractivity contribution < 1.29 is 4.79 Å². The third-order valence-electron chi connectivity index (χ3n) is 4.66. The number of thioether (sulfide) groups is 1. The van der Waals surface area contributed by atoms with E-state index >= 15 is 0 Å². The zero-order valence-corrected chi connectivity index (χ0v) is 17.2. The zero-order valence-electron chi connectivity index (χ0n) is 14.8. The lowest BCUT2D eigenvalue weighted by Crippen LogP contribution is -2.57. The fourth-order valence-electron chi connectivity index (χ4n) is 3.18. The third-order valence-corrected chi connectivity index (χ3v) is 5.20. The van der Waals surface area contributed by atoms with Gasteiger partial charge in [-0.2, -0.15) is 11.8 Å². The Morgan fingerprint density at radius 1 is 1.32 bits per heavy atom. The van der Waals surface area contributed by atoms with Gasteiger partial charge >= 0.3 is 0 Å². The predicted molar refractivity (Wildman–Crippen MR) is 110 cm³/mol. The first-order valence-corrected chi connectivity index (χ1v) is 9.47. The van der Waals surface area contributed by atoms with E-state index < -0.39 is 0 Å². The van der Waals surface area contributed by atoms with Crippen LogP contribution < -0.4 is 5.32 Å². The Labute approximate surface area is 165 Å². The highest BCUT2D eigenvalue weighted by Crippen LogP contribution is 2.20. The summed E-state index contributed by atoms with van der Waals surface area (Å²) in [5, 5.41) is 3.42. The standard InChI is InChI=1S/C17H24N4OS.2ClH/c1-12-13(2)20(9-8-18-12)17(22)10-21-15-7-5-4-6-14(15)19-16(21)11-23-3;;/h4-7,12-13,18H,8-11H2,1-3H3;2*1H. The molecule has 0 radical (unpaired) electrons. The first-order chi connectivity index (χ1) is 11.1. The van der Waals surface area contributed by atoms with Crippen LogP contribution in [0.15, 0.2) is 24.3 Å². The Morgan fingerprint density at radius 2 is 2.04 bits per heavy atom. The van der Waals surface area contributed by atoms with Gasteiger partial charge in [0, 0.05) is 25.2 Å². The van der Waals surface area contributed by atoms with Gasteiger partial charge in [-0.15, -0.1) is 24.8 Å². The van der Waals surface area contributed by atoms with Crippen molar-refractivity contribution in [3.63, 3.8) is 0 Å². The summed E-state index contributed by atoms with van der Waals surface area (Å²) in [5.41, 5.74) is 2.01. The Morgan fingerprint density at radius 3 is 2.76 bits per heavy atom. The minimum Gasteiger partial charge on any atom is -0.336 e. The van der Waals surface area contributed by atoms with Crippen LogP contribution in [0.1, 0.15) is 19.7 Å². The van der Waals surface area contributed by atoms with E-state index in [2.05, 4.69) is 30.0 Å². The molecule has 1 aliphatic rings. The van der Waals surface area contributed by atoms with E-state index in [4.69, 9.17) is 4.98 Å². The van der Waals surface area contributed by atoms with Crippen LogP contribution >= 0.6 is 36.6 Å². The summed E-state index contributed by atoms with van der Waals surface area (Å²) >= 11 is 1.73. The van der Waals surface area contributed by atoms with Crippen molar-refractivity contribution in [2.24, 2.45) is 0 Å². The molecule has 1 N–H and O–H groups in total. The predicted octanol–water partition coefficient (Wildman–Crippen LogP) is 2.95. The van der Waals surface area contributed by atoms with Crippen molar-refractivity contribution in [2.75, 3.05) is 19.3 Å². The highest BCUT2D eigenvalue weighted by molar-refractivity contribution is 7.97. The van der Waals surface area contributed by atoms with E-state index in [0.29, 0.717) is 12.6 Å². The number of hydrogen-bond donors (Lipinski definition) is 1. The molecule has 140 valence electrons. The second-order valence-corrected chi connectivity index (χ2v) is 6.97. The van der Waals surface area contributed by atoms with Crippen LogP contribution in [0.25, 0.3) is 11.0 Å². The average Bonchev–Trinajstić information content (AvgIpc) is 2.88. The van der Waals surface area contributed by atoms with Crippen LogP contribution in [0.4, 0.5) is 0 Å². The lowest BCUT2D eigenvalue weighted by molar-refractivity contribution is -0.135. The van der Waals surface area contributed by atoms with Gasteiger partial charge in [-0.3, -0.25) is 4.79 Å². The number of nitrogens with one attached hydrogen (secondary N) is 1. The number of aromatic nitrogens is 2. The maximum atomic E-state index is 12.9. The quantitative estimate of drug-likeness (QED) is 0.850. The van der Waals surface area contributed by atoms with Gasteiger partial charge in [0.25, 0.3) is 0 Å². The Kier molecular flexibility index (Phi) is 8.54. The normalized spacial score (nSPS) is 20.0. The molecule has 25 heavy (non-hydrogen) atoms. The molecule has 1 aromatic heterocycles. The van der Waals surface area contributed by atoms with Gasteiger partial charge in [0.2, 0.25) is 5.91 Å². The molecule has 2 heterocycles. The summed E-state index contributed by atoms with van der Waals surface area (Å²) < 4.78 is 2.08. The van der Waals surface area contributed by atoms with Crippen LogP contribution in [-0.2, 0) is 17.1 Å². The van der Waals surface area contributed by atoms with E-state index in [1.807, 2.05) is 29.2 Å². The van der Waals surface area contributed by atoms with Gasteiger partial charge in [0.15, 0.2) is 0 Å². The summed E-state index contributed by atoms with van der Waals surface area (Å²) in [5.74, 6) is 1.97. The summed E-state index contributed by atoms with van der Waals surface area (Å²) in [4.78, 5) is 19.6. The number of halogens is 2. The topological polar surface area (TPSA) is 50.2 Å². The molecular formula is C17H26Cl2N4OS. The van der Waals surface area contributed by atoms with E-state index in [1.165, 1.54) is 0 Å². The van der Waals surface area contributed by atoms with E-state index in [-0.39, 0.29) is 36.8 Å². The molecule has 1 fully saturated rings. The van der Waals surface area contributed by atoms with Crippen LogP contribution in [0.2, 0.25) is 0 Å². The molecule has 5 nitrogen and oxygen atoms in total. The molecule has 8 heteroatoms. The molecule has 0 saturated carbocycles. The minimum atomic E-state index is 0. The minimum absolute atomic E-state index is 0. The average molecular weight is 405 g/mol. The van der Waals surface area contributed by atoms with Crippen LogP contribution in [0.5, 0.6) is 0 Å². The number of fused-ring (bicyclic) bond motifs is 1. The molecule has 1 aromatic carbocycles. The van der Waals surface area contributed by atoms with E-state index in [1.54, 1.807) is 11.8 Å². The van der Waals surface area contributed by atoms with Gasteiger partial charge < -0.3 is 14.8 Å². The third kappa shape index (κ3) is 4.61. The second kappa shape index (κ2) is 9.67. The molecule has 1 amide bonds. The molecule has 1 aliphatic heterocycles. The largest absolute Gasteiger partial charge is 0.336 e. The van der Waals surface area contributed by atoms with Gasteiger partial charge in [0.1, 0.15) is 12.4 Å². The molecule has 0 aliphatic carbocycles. The molecule has 2 aromatic rings. The Hall–Kier alpha value is -0.950. The van der Waals surface area contributed by atoms with Crippen molar-refractivity contribution >= 4 is 53.5 Å². The van der Waals surface area contributed by atoms with Crippen LogP contribution in [0.3, 0.4) is 0 Å². The van der Waals surface area contributed by atoms with Gasteiger partial charge in [-0.05, 0) is 32.2 Å². The molecule has 0 bridgehead atoms. The first-order valence-electron chi connectivity index (χ1n) is 8.07. The lowest BCUT2D eigenvalue weighted by atomic mass is 10.1. The molecular weight excluding hydrogens is 379 g/mol. The van der Waals surface area contributed by atoms with Crippen molar-refractivity contribution in [1.29, 1.82) is 0 Å². The van der Waals surface area contributed by atoms with Crippen molar-refractivity contribution in [1.82, 2.24) is 19.8 Å². The van der Waals surface area contributed by atoms with Gasteiger partial charge in [-0.1, -0.05) is 12.1 Å². The number of carbonyl (C=O) groups is 1. The molecule has 2 atom stereocenters. The lowest BCUT2D eigenvalue weighted by Gasteiger charge is -2.38. The fourth-order valence-corrected chi connectivity index (χ4v) is 3.65. The number of carbonyl (C=O) groups excluding carboxylic acids is 1. The van der Waals surface area contributed by atoms with Crippen molar-refractivity contribution in [2.45, 2.75) is 38.2 Å². The number of piperazine rings is 1. The summed E-state index contributed by atoms with van der Waals surface area (Å²) in [7, 11) is 0. The number of benzene rings is 1. The van der Waals surface area contributed by atoms with Crippen LogP contribution in [0, 0.1) is 0 Å². The van der Waals surface area contributed by atoms with E-state index in [0.717, 1.165) is 35.7 Å². The number of rotatable bonds is 4. The molecule has 0 spiro atoms. The SMILES string of the molecule is CSCc1nc2ccccc2n1CC(=O)N1CCNC(C)C1C.Cl.Cl. The van der Waals surface area contributed by atoms with Gasteiger partial charge in [-0.25, -0.2) is 4.98 Å². The zero-order chi connectivity index (χ0) is 16.4. The maximum absolute atomic E-state index is 12.9. The molecule has 1 saturated heterocycles. The van der Waals surface area contributed by atoms with Gasteiger partial charge in [0.05, 0.1) is 16.8 Å². The number of nitrogens with zero attached hydrogens (tertiary/aromatic N) is 3. The number of imidazole rings is 1. The maximum Gasteiger partial charge on any atom is 0.242 e. The molecule has 3 rings (SSSR count). The number of amides is 1. The monoisotopic (exact) mass is 404 g/mol. The van der Waals surface area contributed by atoms with Crippen molar-refractivity contribution in [3.05, 3.63) is 30.1 Å². The van der Waals surface area contributed by atoms with Crippen LogP contribution in [-0.4, -0.2) is 51.8 Å². The number of hydrogen-bond acceptors (Lipinski definition) is 4. The summed E-state index contributed by atoms with van der Waals surface area (Å²) in [6.07, 6.45) is 2.06. The Bertz CT molecular complexity index is 709. The highest BCUT2D eigenvalue weighted by Gasteiger charge is 2.28. The fraction of sp³-hybridized carbons (Fsp3) is 0.529. The summed E-state index contributed by atoms with van der Waals surface area (Å²) in [6, 6.07) is 8.60. The highest BCUT2D eigenvalue weighted by atomic mass is 35.5. The number of para-hydroxylation sites is 2. The van der Waals surface area contributed by atoms with E-state index in [9.17, 15) is 4.79 Å². The Balaban J connectivity index is 0.00000156. The molecule has 2 unspecified atom stereocenters. The summed E-state index contributed by atoms with van der Waals surface area (Å²) in [6.45, 7) is 6.25. The van der Waals surface area contributed by atoms with Crippen molar-refractivity contribution in [3.8, 4) is 0 Å². The smallest absolute Gasteiger partial charge is 0.242 e. The first kappa shape index (κ1) is 22.1. The second-order valence-electron chi connectivity index (χ2n) is 6.11.